The number of hydrogen-bond acceptors (Lipinski definition) is 5. The van der Waals surface area contributed by atoms with Crippen LogP contribution in [0.1, 0.15) is 38.5 Å². The van der Waals surface area contributed by atoms with E-state index >= 15 is 0 Å². The molecule has 22 heavy (non-hydrogen) atoms. The molecule has 130 valence electrons. The van der Waals surface area contributed by atoms with E-state index < -0.39 is 27.2 Å². The second-order valence-corrected chi connectivity index (χ2v) is 8.02. The second-order valence-electron chi connectivity index (χ2n) is 6.04. The topological polar surface area (TPSA) is 84.5 Å². The quantitative estimate of drug-likeness (QED) is 0.697. The summed E-state index contributed by atoms with van der Waals surface area (Å²) in [5.41, 5.74) is 0. The SMILES string of the molecule is COC(=O)C1CCCCC1S(=O)(=O)NCCC1CCNC1.Cl. The maximum absolute atomic E-state index is 12.5. The first-order valence-electron chi connectivity index (χ1n) is 7.81. The fourth-order valence-electron chi connectivity index (χ4n) is 3.36. The first-order valence-corrected chi connectivity index (χ1v) is 9.36. The van der Waals surface area contributed by atoms with Crippen LogP contribution >= 0.6 is 12.4 Å². The molecule has 0 amide bonds. The van der Waals surface area contributed by atoms with E-state index in [-0.39, 0.29) is 12.4 Å². The molecule has 0 bridgehead atoms. The van der Waals surface area contributed by atoms with Gasteiger partial charge in [0.25, 0.3) is 0 Å². The van der Waals surface area contributed by atoms with Crippen molar-refractivity contribution in [3.63, 3.8) is 0 Å². The largest absolute Gasteiger partial charge is 0.469 e. The minimum atomic E-state index is -3.45. The Morgan fingerprint density at radius 1 is 1.27 bits per heavy atom. The van der Waals surface area contributed by atoms with E-state index in [1.54, 1.807) is 0 Å². The second kappa shape index (κ2) is 9.05. The number of ether oxygens (including phenoxy) is 1. The van der Waals surface area contributed by atoms with Crippen LogP contribution in [0.25, 0.3) is 0 Å². The summed E-state index contributed by atoms with van der Waals surface area (Å²) < 4.78 is 32.4. The Hall–Kier alpha value is -0.370. The van der Waals surface area contributed by atoms with Gasteiger partial charge >= 0.3 is 5.97 Å². The molecule has 0 aromatic rings. The van der Waals surface area contributed by atoms with Crippen LogP contribution in [0.2, 0.25) is 0 Å². The monoisotopic (exact) mass is 354 g/mol. The molecule has 0 radical (unpaired) electrons. The highest BCUT2D eigenvalue weighted by atomic mass is 35.5. The van der Waals surface area contributed by atoms with Crippen LogP contribution in [0.4, 0.5) is 0 Å². The predicted octanol–water partition coefficient (Wildman–Crippen LogP) is 1.06. The molecule has 1 heterocycles. The van der Waals surface area contributed by atoms with Gasteiger partial charge in [-0.05, 0) is 44.7 Å². The number of hydrogen-bond donors (Lipinski definition) is 2. The maximum atomic E-state index is 12.5. The Balaban J connectivity index is 0.00000242. The average molecular weight is 355 g/mol. The third-order valence-electron chi connectivity index (χ3n) is 4.62. The van der Waals surface area contributed by atoms with Crippen molar-refractivity contribution in [1.82, 2.24) is 10.0 Å². The van der Waals surface area contributed by atoms with Crippen LogP contribution < -0.4 is 10.0 Å². The molecule has 2 rings (SSSR count). The van der Waals surface area contributed by atoms with E-state index in [9.17, 15) is 13.2 Å². The first kappa shape index (κ1) is 19.7. The summed E-state index contributed by atoms with van der Waals surface area (Å²) in [4.78, 5) is 11.8. The van der Waals surface area contributed by atoms with Crippen molar-refractivity contribution >= 4 is 28.4 Å². The fraction of sp³-hybridized carbons (Fsp3) is 0.929. The van der Waals surface area contributed by atoms with E-state index in [0.717, 1.165) is 38.8 Å². The maximum Gasteiger partial charge on any atom is 0.310 e. The molecular formula is C14H27ClN2O4S. The first-order chi connectivity index (χ1) is 10.0. The predicted molar refractivity (Wildman–Crippen MR) is 87.5 cm³/mol. The Morgan fingerprint density at radius 3 is 2.64 bits per heavy atom. The Morgan fingerprint density at radius 2 is 2.00 bits per heavy atom. The molecule has 2 N–H and O–H groups in total. The van der Waals surface area contributed by atoms with Crippen LogP contribution in [-0.4, -0.2) is 46.4 Å². The molecule has 3 atom stereocenters. The fourth-order valence-corrected chi connectivity index (χ4v) is 5.14. The number of rotatable bonds is 6. The molecule has 2 fully saturated rings. The van der Waals surface area contributed by atoms with E-state index in [1.165, 1.54) is 7.11 Å². The number of carbonyl (C=O) groups is 1. The Kier molecular flexibility index (Phi) is 8.10. The number of methoxy groups -OCH3 is 1. The van der Waals surface area contributed by atoms with E-state index in [4.69, 9.17) is 4.74 Å². The molecule has 1 aliphatic heterocycles. The smallest absolute Gasteiger partial charge is 0.310 e. The standard InChI is InChI=1S/C14H26N2O4S.ClH/c1-20-14(17)12-4-2-3-5-13(12)21(18,19)16-9-7-11-6-8-15-10-11;/h11-13,15-16H,2-10H2,1H3;1H. The van der Waals surface area contributed by atoms with Gasteiger partial charge in [0.15, 0.2) is 0 Å². The van der Waals surface area contributed by atoms with Gasteiger partial charge in [-0.25, -0.2) is 13.1 Å². The van der Waals surface area contributed by atoms with Gasteiger partial charge in [-0.2, -0.15) is 0 Å². The number of nitrogens with one attached hydrogen (secondary N) is 2. The molecule has 0 aromatic carbocycles. The van der Waals surface area contributed by atoms with Gasteiger partial charge in [0, 0.05) is 6.54 Å². The minimum absolute atomic E-state index is 0. The van der Waals surface area contributed by atoms with Crippen molar-refractivity contribution < 1.29 is 17.9 Å². The van der Waals surface area contributed by atoms with Gasteiger partial charge in [-0.15, -0.1) is 12.4 Å². The molecule has 1 saturated heterocycles. The lowest BCUT2D eigenvalue weighted by Crippen LogP contribution is -2.44. The van der Waals surface area contributed by atoms with E-state index in [1.807, 2.05) is 0 Å². The van der Waals surface area contributed by atoms with Gasteiger partial charge in [0.1, 0.15) is 0 Å². The van der Waals surface area contributed by atoms with Gasteiger partial charge in [0.2, 0.25) is 10.0 Å². The lowest BCUT2D eigenvalue weighted by atomic mass is 9.89. The molecule has 1 aliphatic carbocycles. The highest BCUT2D eigenvalue weighted by molar-refractivity contribution is 7.90. The molecule has 6 nitrogen and oxygen atoms in total. The van der Waals surface area contributed by atoms with Crippen molar-refractivity contribution in [2.24, 2.45) is 11.8 Å². The summed E-state index contributed by atoms with van der Waals surface area (Å²) >= 11 is 0. The van der Waals surface area contributed by atoms with Crippen molar-refractivity contribution in [2.45, 2.75) is 43.8 Å². The lowest BCUT2D eigenvalue weighted by molar-refractivity contribution is -0.146. The highest BCUT2D eigenvalue weighted by Gasteiger charge is 2.40. The molecule has 0 spiro atoms. The summed E-state index contributed by atoms with van der Waals surface area (Å²) in [7, 11) is -2.13. The molecule has 0 aromatic heterocycles. The van der Waals surface area contributed by atoms with Crippen LogP contribution in [-0.2, 0) is 19.6 Å². The number of halogens is 1. The third-order valence-corrected chi connectivity index (χ3v) is 6.59. The van der Waals surface area contributed by atoms with Gasteiger partial charge in [-0.3, -0.25) is 4.79 Å². The summed E-state index contributed by atoms with van der Waals surface area (Å²) in [6, 6.07) is 0. The third kappa shape index (κ3) is 5.08. The van der Waals surface area contributed by atoms with Crippen molar-refractivity contribution in [3.05, 3.63) is 0 Å². The summed E-state index contributed by atoms with van der Waals surface area (Å²) in [6.07, 6.45) is 4.84. The number of carbonyl (C=O) groups excluding carboxylic acids is 1. The molecule has 8 heteroatoms. The van der Waals surface area contributed by atoms with Crippen LogP contribution in [0.3, 0.4) is 0 Å². The van der Waals surface area contributed by atoms with Crippen LogP contribution in [0, 0.1) is 11.8 Å². The van der Waals surface area contributed by atoms with Crippen molar-refractivity contribution in [3.8, 4) is 0 Å². The van der Waals surface area contributed by atoms with Gasteiger partial charge < -0.3 is 10.1 Å². The van der Waals surface area contributed by atoms with Crippen molar-refractivity contribution in [2.75, 3.05) is 26.7 Å². The normalized spacial score (nSPS) is 28.9. The van der Waals surface area contributed by atoms with Crippen LogP contribution in [0.15, 0.2) is 0 Å². The van der Waals surface area contributed by atoms with Crippen molar-refractivity contribution in [1.29, 1.82) is 0 Å². The lowest BCUT2D eigenvalue weighted by Gasteiger charge is -2.29. The molecular weight excluding hydrogens is 328 g/mol. The Bertz CT molecular complexity index is 452. The summed E-state index contributed by atoms with van der Waals surface area (Å²) in [5.74, 6) is -0.366. The Labute approximate surface area is 139 Å². The zero-order chi connectivity index (χ0) is 15.3. The van der Waals surface area contributed by atoms with E-state index in [2.05, 4.69) is 10.0 Å². The summed E-state index contributed by atoms with van der Waals surface area (Å²) in [6.45, 7) is 2.44. The highest BCUT2D eigenvalue weighted by Crippen LogP contribution is 2.30. The van der Waals surface area contributed by atoms with Crippen LogP contribution in [0.5, 0.6) is 0 Å². The molecule has 3 unspecified atom stereocenters. The number of esters is 1. The molecule has 2 aliphatic rings. The zero-order valence-electron chi connectivity index (χ0n) is 13.0. The number of sulfonamides is 1. The zero-order valence-corrected chi connectivity index (χ0v) is 14.7. The average Bonchev–Trinajstić information content (AvgIpc) is 2.99. The van der Waals surface area contributed by atoms with E-state index in [0.29, 0.717) is 25.3 Å². The van der Waals surface area contributed by atoms with Gasteiger partial charge in [0.05, 0.1) is 18.3 Å². The summed E-state index contributed by atoms with van der Waals surface area (Å²) in [5, 5.41) is 2.64. The molecule has 1 saturated carbocycles. The minimum Gasteiger partial charge on any atom is -0.469 e. The van der Waals surface area contributed by atoms with Gasteiger partial charge in [-0.1, -0.05) is 12.8 Å².